The Hall–Kier alpha value is -1.23. The molecule has 1 aromatic heterocycles. The summed E-state index contributed by atoms with van der Waals surface area (Å²) in [4.78, 5) is 11.3. The Kier molecular flexibility index (Phi) is 11.6. The van der Waals surface area contributed by atoms with E-state index < -0.39 is 0 Å². The molecule has 0 radical (unpaired) electrons. The lowest BCUT2D eigenvalue weighted by Gasteiger charge is -2.27. The van der Waals surface area contributed by atoms with Crippen molar-refractivity contribution < 1.29 is 4.74 Å². The van der Waals surface area contributed by atoms with Crippen molar-refractivity contribution in [2.45, 2.75) is 39.3 Å². The third-order valence-electron chi connectivity index (χ3n) is 5.06. The molecule has 1 aliphatic heterocycles. The molecule has 0 bridgehead atoms. The highest BCUT2D eigenvalue weighted by molar-refractivity contribution is 14.0. The van der Waals surface area contributed by atoms with E-state index in [4.69, 9.17) is 4.74 Å². The highest BCUT2D eigenvalue weighted by Crippen LogP contribution is 2.13. The number of benzene rings is 1. The highest BCUT2D eigenvalue weighted by atomic mass is 127. The molecule has 2 aromatic rings. The summed E-state index contributed by atoms with van der Waals surface area (Å²) in [5.74, 6) is 0.858. The van der Waals surface area contributed by atoms with E-state index in [0.29, 0.717) is 0 Å². The Bertz CT molecular complexity index is 776. The largest absolute Gasteiger partial charge is 0.379 e. The second kappa shape index (κ2) is 14.0. The van der Waals surface area contributed by atoms with Crippen LogP contribution >= 0.6 is 35.3 Å². The maximum Gasteiger partial charge on any atom is 0.191 e. The summed E-state index contributed by atoms with van der Waals surface area (Å²) in [5.41, 5.74) is 3.82. The number of hydrogen-bond acceptors (Lipinski definition) is 5. The molecule has 1 aliphatic rings. The zero-order chi connectivity index (χ0) is 20.3. The number of guanidine groups is 1. The molecule has 0 spiro atoms. The molecule has 8 heteroatoms. The minimum Gasteiger partial charge on any atom is -0.379 e. The molecule has 1 aromatic carbocycles. The number of morpholine rings is 1. The van der Waals surface area contributed by atoms with Gasteiger partial charge in [0, 0.05) is 50.8 Å². The van der Waals surface area contributed by atoms with Crippen LogP contribution in [0.3, 0.4) is 0 Å². The molecule has 2 N–H and O–H groups in total. The van der Waals surface area contributed by atoms with Crippen molar-refractivity contribution in [2.24, 2.45) is 4.99 Å². The predicted octanol–water partition coefficient (Wildman–Crippen LogP) is 3.59. The van der Waals surface area contributed by atoms with Gasteiger partial charge in [0.05, 0.1) is 18.2 Å². The summed E-state index contributed by atoms with van der Waals surface area (Å²) in [6.07, 6.45) is 3.30. The van der Waals surface area contributed by atoms with Gasteiger partial charge < -0.3 is 15.4 Å². The first-order valence-corrected chi connectivity index (χ1v) is 11.3. The molecule has 1 fully saturated rings. The van der Waals surface area contributed by atoms with Gasteiger partial charge in [0.15, 0.2) is 5.96 Å². The Balaban J connectivity index is 0.00000320. The van der Waals surface area contributed by atoms with Crippen molar-refractivity contribution >= 4 is 41.3 Å². The van der Waals surface area contributed by atoms with Crippen molar-refractivity contribution in [2.75, 3.05) is 39.9 Å². The maximum atomic E-state index is 5.46. The third-order valence-corrected chi connectivity index (χ3v) is 6.09. The topological polar surface area (TPSA) is 61.8 Å². The minimum absolute atomic E-state index is 0. The van der Waals surface area contributed by atoms with E-state index in [-0.39, 0.29) is 24.0 Å². The lowest BCUT2D eigenvalue weighted by molar-refractivity contribution is 0.0341. The molecule has 0 atom stereocenters. The number of aliphatic imine (C=N–C) groups is 1. The fourth-order valence-electron chi connectivity index (χ4n) is 3.41. The van der Waals surface area contributed by atoms with E-state index in [1.165, 1.54) is 16.1 Å². The zero-order valence-corrected chi connectivity index (χ0v) is 21.2. The van der Waals surface area contributed by atoms with Gasteiger partial charge >= 0.3 is 0 Å². The quantitative estimate of drug-likeness (QED) is 0.219. The average Bonchev–Trinajstić information content (AvgIpc) is 3.17. The van der Waals surface area contributed by atoms with Crippen LogP contribution in [0.2, 0.25) is 0 Å². The lowest BCUT2D eigenvalue weighted by atomic mass is 10.1. The number of ether oxygens (including phenoxy) is 1. The molecule has 0 amide bonds. The first-order chi connectivity index (χ1) is 14.2. The Labute approximate surface area is 201 Å². The highest BCUT2D eigenvalue weighted by Gasteiger charge is 2.12. The molecule has 2 heterocycles. The first-order valence-electron chi connectivity index (χ1n) is 10.5. The van der Waals surface area contributed by atoms with Gasteiger partial charge in [-0.3, -0.25) is 9.89 Å². The summed E-state index contributed by atoms with van der Waals surface area (Å²) in [6.45, 7) is 8.40. The van der Waals surface area contributed by atoms with E-state index in [0.717, 1.165) is 76.9 Å². The lowest BCUT2D eigenvalue weighted by Crippen LogP contribution is -2.38. The monoisotopic (exact) mass is 543 g/mol. The number of thiazole rings is 1. The molecule has 1 saturated heterocycles. The van der Waals surface area contributed by atoms with Gasteiger partial charge in [-0.05, 0) is 37.3 Å². The fourth-order valence-corrected chi connectivity index (χ4v) is 4.23. The van der Waals surface area contributed by atoms with Gasteiger partial charge in [-0.2, -0.15) is 0 Å². The number of hydrogen-bond donors (Lipinski definition) is 2. The van der Waals surface area contributed by atoms with Crippen molar-refractivity contribution in [1.29, 1.82) is 0 Å². The van der Waals surface area contributed by atoms with E-state index >= 15 is 0 Å². The summed E-state index contributed by atoms with van der Waals surface area (Å²) in [7, 11) is 1.83. The summed E-state index contributed by atoms with van der Waals surface area (Å²) >= 11 is 1.76. The van der Waals surface area contributed by atoms with Crippen molar-refractivity contribution in [1.82, 2.24) is 20.5 Å². The number of unbranched alkanes of at least 4 members (excludes halogenated alkanes) is 1. The van der Waals surface area contributed by atoms with Gasteiger partial charge in [0.1, 0.15) is 0 Å². The smallest absolute Gasteiger partial charge is 0.191 e. The van der Waals surface area contributed by atoms with Crippen LogP contribution < -0.4 is 10.6 Å². The van der Waals surface area contributed by atoms with Crippen molar-refractivity contribution in [3.05, 3.63) is 51.5 Å². The number of aromatic nitrogens is 1. The molecular weight excluding hydrogens is 509 g/mol. The number of halogens is 1. The SMILES string of the molecule is CN=C(NCCCCc1nc(C)cs1)NCc1ccccc1CN1CCOCC1.I. The van der Waals surface area contributed by atoms with Gasteiger partial charge in [0.25, 0.3) is 0 Å². The summed E-state index contributed by atoms with van der Waals surface area (Å²) < 4.78 is 5.46. The number of nitrogens with zero attached hydrogens (tertiary/aromatic N) is 3. The molecule has 0 saturated carbocycles. The van der Waals surface area contributed by atoms with Crippen LogP contribution in [0.4, 0.5) is 0 Å². The molecule has 6 nitrogen and oxygen atoms in total. The van der Waals surface area contributed by atoms with Gasteiger partial charge in [-0.1, -0.05) is 24.3 Å². The van der Waals surface area contributed by atoms with E-state index in [2.05, 4.69) is 62.1 Å². The second-order valence-electron chi connectivity index (χ2n) is 7.35. The van der Waals surface area contributed by atoms with Crippen molar-refractivity contribution in [3.63, 3.8) is 0 Å². The normalized spacial score (nSPS) is 14.9. The van der Waals surface area contributed by atoms with E-state index in [1.54, 1.807) is 11.3 Å². The van der Waals surface area contributed by atoms with Crippen LogP contribution in [0, 0.1) is 6.92 Å². The number of aryl methyl sites for hydroxylation is 2. The standard InChI is InChI=1S/C22H33N5OS.HI/c1-18-17-29-21(26-18)9-5-6-10-24-22(23-2)25-15-19-7-3-4-8-20(19)16-27-11-13-28-14-12-27;/h3-4,7-8,17H,5-6,9-16H2,1-2H3,(H2,23,24,25);1H. The molecule has 0 aliphatic carbocycles. The van der Waals surface area contributed by atoms with Crippen molar-refractivity contribution in [3.8, 4) is 0 Å². The molecule has 30 heavy (non-hydrogen) atoms. The Morgan fingerprint density at radius 2 is 1.93 bits per heavy atom. The van der Waals surface area contributed by atoms with E-state index in [9.17, 15) is 0 Å². The van der Waals surface area contributed by atoms with Crippen LogP contribution in [0.25, 0.3) is 0 Å². The molecular formula is C22H34IN5OS. The van der Waals surface area contributed by atoms with Gasteiger partial charge in [0.2, 0.25) is 0 Å². The molecule has 3 rings (SSSR count). The first kappa shape index (κ1) is 25.0. The minimum atomic E-state index is 0. The van der Waals surface area contributed by atoms with E-state index in [1.807, 2.05) is 7.05 Å². The number of nitrogens with one attached hydrogen (secondary N) is 2. The van der Waals surface area contributed by atoms with Crippen LogP contribution in [0.5, 0.6) is 0 Å². The van der Waals surface area contributed by atoms with Crippen LogP contribution in [0.1, 0.15) is 34.7 Å². The van der Waals surface area contributed by atoms with Gasteiger partial charge in [-0.25, -0.2) is 4.98 Å². The zero-order valence-electron chi connectivity index (χ0n) is 18.0. The van der Waals surface area contributed by atoms with Crippen LogP contribution in [0.15, 0.2) is 34.6 Å². The summed E-state index contributed by atoms with van der Waals surface area (Å²) in [5, 5.41) is 10.2. The van der Waals surface area contributed by atoms with Crippen LogP contribution in [-0.4, -0.2) is 55.7 Å². The number of rotatable bonds is 9. The summed E-state index contributed by atoms with van der Waals surface area (Å²) in [6, 6.07) is 8.65. The second-order valence-corrected chi connectivity index (χ2v) is 8.29. The molecule has 0 unspecified atom stereocenters. The predicted molar refractivity (Wildman–Crippen MR) is 136 cm³/mol. The maximum absolute atomic E-state index is 5.46. The van der Waals surface area contributed by atoms with Crippen LogP contribution in [-0.2, 0) is 24.2 Å². The van der Waals surface area contributed by atoms with Gasteiger partial charge in [-0.15, -0.1) is 35.3 Å². The Morgan fingerprint density at radius 3 is 2.63 bits per heavy atom. The Morgan fingerprint density at radius 1 is 1.17 bits per heavy atom. The average molecular weight is 544 g/mol. The fraction of sp³-hybridized carbons (Fsp3) is 0.545. The molecule has 166 valence electrons. The third kappa shape index (κ3) is 8.49.